The lowest BCUT2D eigenvalue weighted by atomic mass is 9.95. The average molecular weight is 513 g/mol. The first kappa shape index (κ1) is 31.3. The lowest BCUT2D eigenvalue weighted by molar-refractivity contribution is -0.136. The van der Waals surface area contributed by atoms with Crippen LogP contribution in [0.3, 0.4) is 0 Å². The van der Waals surface area contributed by atoms with Gasteiger partial charge in [-0.25, -0.2) is 0 Å². The molecule has 6 atom stereocenters. The van der Waals surface area contributed by atoms with Crippen molar-refractivity contribution in [2.24, 2.45) is 17.6 Å². The van der Waals surface area contributed by atoms with E-state index in [4.69, 9.17) is 10.6 Å². The van der Waals surface area contributed by atoms with Gasteiger partial charge in [0.25, 0.3) is 0 Å². The van der Waals surface area contributed by atoms with Gasteiger partial charge < -0.3 is 31.8 Å². The molecule has 0 aliphatic carbocycles. The van der Waals surface area contributed by atoms with Crippen molar-refractivity contribution in [3.8, 4) is 0 Å². The summed E-state index contributed by atoms with van der Waals surface area (Å²) in [7, 11) is 0. The second-order valence-electron chi connectivity index (χ2n) is 9.38. The second-order valence-corrected chi connectivity index (χ2v) is 9.38. The van der Waals surface area contributed by atoms with E-state index >= 15 is 0 Å². The van der Waals surface area contributed by atoms with E-state index in [9.17, 15) is 24.0 Å². The fraction of sp³-hybridized carbons (Fsp3) is 0.792. The summed E-state index contributed by atoms with van der Waals surface area (Å²) in [5, 5.41) is 10.7. The molecule has 1 heterocycles. The molecule has 12 nitrogen and oxygen atoms in total. The van der Waals surface area contributed by atoms with Crippen LogP contribution >= 0.6 is 0 Å². The molecule has 0 spiro atoms. The predicted octanol–water partition coefficient (Wildman–Crippen LogP) is -0.382. The molecule has 1 saturated heterocycles. The standard InChI is InChI=1S/C24H44N6O6/c1-6-9-10-11-18-24(35)28-17(8-3)23(34)30-19(20(25)31)12-26-36-13-14(4)15(5)21(32)27-16(7-2)22(33)29-18/h14-19,26H,6-13H2,1-5H3,(H2,25,31)(H,27,32)(H,28,35)(H,29,33)(H,30,34). The third kappa shape index (κ3) is 10.1. The monoisotopic (exact) mass is 512 g/mol. The van der Waals surface area contributed by atoms with E-state index in [0.29, 0.717) is 19.3 Å². The molecule has 1 rings (SSSR count). The summed E-state index contributed by atoms with van der Waals surface area (Å²) in [4.78, 5) is 69.0. The zero-order valence-electron chi connectivity index (χ0n) is 22.1. The summed E-state index contributed by atoms with van der Waals surface area (Å²) in [6.45, 7) is 9.11. The van der Waals surface area contributed by atoms with Crippen LogP contribution in [0.5, 0.6) is 0 Å². The third-order valence-corrected chi connectivity index (χ3v) is 6.47. The smallest absolute Gasteiger partial charge is 0.243 e. The Morgan fingerprint density at radius 1 is 0.833 bits per heavy atom. The molecular weight excluding hydrogens is 468 g/mol. The molecule has 0 bridgehead atoms. The van der Waals surface area contributed by atoms with E-state index in [-0.39, 0.29) is 31.4 Å². The predicted molar refractivity (Wildman–Crippen MR) is 134 cm³/mol. The van der Waals surface area contributed by atoms with Gasteiger partial charge in [-0.15, -0.1) is 0 Å². The third-order valence-electron chi connectivity index (χ3n) is 6.47. The molecule has 12 heteroatoms. The van der Waals surface area contributed by atoms with Crippen LogP contribution in [0, 0.1) is 11.8 Å². The van der Waals surface area contributed by atoms with Crippen LogP contribution in [0.4, 0.5) is 0 Å². The molecule has 5 amide bonds. The first-order valence-electron chi connectivity index (χ1n) is 12.9. The Bertz CT molecular complexity index is 763. The maximum Gasteiger partial charge on any atom is 0.243 e. The number of amides is 5. The molecule has 7 N–H and O–H groups in total. The summed E-state index contributed by atoms with van der Waals surface area (Å²) < 4.78 is 0. The van der Waals surface area contributed by atoms with E-state index in [0.717, 1.165) is 12.8 Å². The van der Waals surface area contributed by atoms with Crippen molar-refractivity contribution in [2.45, 2.75) is 97.3 Å². The van der Waals surface area contributed by atoms with Crippen LogP contribution in [0.2, 0.25) is 0 Å². The number of hydroxylamine groups is 1. The molecule has 1 aliphatic rings. The van der Waals surface area contributed by atoms with Gasteiger partial charge in [0.2, 0.25) is 29.5 Å². The zero-order chi connectivity index (χ0) is 27.3. The van der Waals surface area contributed by atoms with Gasteiger partial charge in [0.05, 0.1) is 13.2 Å². The minimum absolute atomic E-state index is 0.0909. The quantitative estimate of drug-likeness (QED) is 0.251. The minimum Gasteiger partial charge on any atom is -0.368 e. The van der Waals surface area contributed by atoms with E-state index in [2.05, 4.69) is 26.7 Å². The number of nitrogens with one attached hydrogen (secondary N) is 5. The number of carbonyl (C=O) groups is 5. The van der Waals surface area contributed by atoms with Gasteiger partial charge in [-0.2, -0.15) is 5.48 Å². The number of primary amides is 1. The molecule has 36 heavy (non-hydrogen) atoms. The summed E-state index contributed by atoms with van der Waals surface area (Å²) in [6.07, 6.45) is 3.48. The number of hydrogen-bond acceptors (Lipinski definition) is 7. The molecule has 0 saturated carbocycles. The van der Waals surface area contributed by atoms with Crippen molar-refractivity contribution in [1.82, 2.24) is 26.7 Å². The largest absolute Gasteiger partial charge is 0.368 e. The van der Waals surface area contributed by atoms with Crippen LogP contribution in [0.25, 0.3) is 0 Å². The molecule has 0 aromatic rings. The first-order valence-corrected chi connectivity index (χ1v) is 12.9. The van der Waals surface area contributed by atoms with Crippen LogP contribution in [-0.2, 0) is 28.8 Å². The topological polar surface area (TPSA) is 181 Å². The Hall–Kier alpha value is -2.73. The molecule has 0 radical (unpaired) electrons. The lowest BCUT2D eigenvalue weighted by Gasteiger charge is -2.27. The van der Waals surface area contributed by atoms with Gasteiger partial charge in [-0.3, -0.25) is 24.0 Å². The number of carbonyl (C=O) groups excluding carboxylic acids is 5. The van der Waals surface area contributed by atoms with E-state index in [1.165, 1.54) is 0 Å². The maximum atomic E-state index is 13.1. The van der Waals surface area contributed by atoms with Crippen molar-refractivity contribution < 1.29 is 28.8 Å². The van der Waals surface area contributed by atoms with Gasteiger partial charge in [0.1, 0.15) is 24.2 Å². The van der Waals surface area contributed by atoms with Crippen molar-refractivity contribution in [1.29, 1.82) is 0 Å². The Morgan fingerprint density at radius 2 is 1.36 bits per heavy atom. The van der Waals surface area contributed by atoms with Crippen LogP contribution < -0.4 is 32.5 Å². The molecule has 1 aliphatic heterocycles. The van der Waals surface area contributed by atoms with Crippen LogP contribution in [0.1, 0.15) is 73.1 Å². The van der Waals surface area contributed by atoms with Gasteiger partial charge >= 0.3 is 0 Å². The van der Waals surface area contributed by atoms with Crippen LogP contribution in [-0.4, -0.2) is 66.9 Å². The highest BCUT2D eigenvalue weighted by molar-refractivity contribution is 5.95. The van der Waals surface area contributed by atoms with Gasteiger partial charge in [0.15, 0.2) is 0 Å². The van der Waals surface area contributed by atoms with Crippen molar-refractivity contribution in [3.63, 3.8) is 0 Å². The van der Waals surface area contributed by atoms with Gasteiger partial charge in [0, 0.05) is 5.92 Å². The molecule has 1 fully saturated rings. The zero-order valence-corrected chi connectivity index (χ0v) is 22.1. The Kier molecular flexibility index (Phi) is 14.0. The molecule has 206 valence electrons. The second kappa shape index (κ2) is 16.1. The first-order chi connectivity index (χ1) is 17.0. The lowest BCUT2D eigenvalue weighted by Crippen LogP contribution is -2.59. The summed E-state index contributed by atoms with van der Waals surface area (Å²) in [5.74, 6) is -3.34. The van der Waals surface area contributed by atoms with Gasteiger partial charge in [-0.05, 0) is 25.2 Å². The number of rotatable bonds is 7. The summed E-state index contributed by atoms with van der Waals surface area (Å²) in [5.41, 5.74) is 8.04. The number of hydrogen-bond donors (Lipinski definition) is 6. The SMILES string of the molecule is CCCCCC1NC(=O)C(CC)NC(=O)C(C)C(C)CONCC(C(N)=O)NC(=O)C(CC)NC1=O. The molecule has 6 unspecified atom stereocenters. The number of unbranched alkanes of at least 4 members (excludes halogenated alkanes) is 2. The highest BCUT2D eigenvalue weighted by atomic mass is 16.6. The van der Waals surface area contributed by atoms with Crippen molar-refractivity contribution in [3.05, 3.63) is 0 Å². The maximum absolute atomic E-state index is 13.1. The Balaban J connectivity index is 3.21. The highest BCUT2D eigenvalue weighted by Crippen LogP contribution is 2.12. The van der Waals surface area contributed by atoms with E-state index in [1.54, 1.807) is 20.8 Å². The Morgan fingerprint density at radius 3 is 1.92 bits per heavy atom. The van der Waals surface area contributed by atoms with Crippen LogP contribution in [0.15, 0.2) is 0 Å². The van der Waals surface area contributed by atoms with E-state index in [1.807, 2.05) is 13.8 Å². The van der Waals surface area contributed by atoms with Crippen molar-refractivity contribution >= 4 is 29.5 Å². The van der Waals surface area contributed by atoms with Crippen molar-refractivity contribution in [2.75, 3.05) is 13.2 Å². The molecular formula is C24H44N6O6. The minimum atomic E-state index is -1.08. The molecule has 0 aromatic heterocycles. The fourth-order valence-corrected chi connectivity index (χ4v) is 3.65. The molecule has 0 aromatic carbocycles. The summed E-state index contributed by atoms with van der Waals surface area (Å²) >= 11 is 0. The van der Waals surface area contributed by atoms with E-state index < -0.39 is 53.7 Å². The Labute approximate surface area is 213 Å². The summed E-state index contributed by atoms with van der Waals surface area (Å²) in [6, 6.07) is -3.71. The average Bonchev–Trinajstić information content (AvgIpc) is 2.84. The fourth-order valence-electron chi connectivity index (χ4n) is 3.65. The highest BCUT2D eigenvalue weighted by Gasteiger charge is 2.31. The van der Waals surface area contributed by atoms with Gasteiger partial charge in [-0.1, -0.05) is 53.9 Å². The normalized spacial score (nSPS) is 29.7. The number of nitrogens with two attached hydrogens (primary N) is 1.